The number of nitrogens with zero attached hydrogens (tertiary/aromatic N) is 2. The monoisotopic (exact) mass is 315 g/mol. The van der Waals surface area contributed by atoms with Gasteiger partial charge in [-0.05, 0) is 25.1 Å². The summed E-state index contributed by atoms with van der Waals surface area (Å²) in [6, 6.07) is 3.30. The molecule has 108 valence electrons. The zero-order chi connectivity index (χ0) is 14.9. The molecule has 1 heterocycles. The Morgan fingerprint density at radius 2 is 2.15 bits per heavy atom. The smallest absolute Gasteiger partial charge is 0.245 e. The molecule has 2 rings (SSSR count). The lowest BCUT2D eigenvalue weighted by Gasteiger charge is -2.17. The van der Waals surface area contributed by atoms with Gasteiger partial charge >= 0.3 is 0 Å². The maximum Gasteiger partial charge on any atom is 0.245 e. The van der Waals surface area contributed by atoms with Crippen LogP contribution in [0, 0.1) is 12.7 Å². The first kappa shape index (κ1) is 14.9. The molecule has 2 aromatic rings. The van der Waals surface area contributed by atoms with E-state index in [-0.39, 0.29) is 17.1 Å². The molecule has 8 heteroatoms. The van der Waals surface area contributed by atoms with E-state index in [0.717, 1.165) is 27.0 Å². The summed E-state index contributed by atoms with van der Waals surface area (Å²) in [5.41, 5.74) is 8.10. The van der Waals surface area contributed by atoms with Gasteiger partial charge in [-0.15, -0.1) is 11.3 Å². The van der Waals surface area contributed by atoms with Crippen molar-refractivity contribution in [2.75, 3.05) is 12.8 Å². The largest absolute Gasteiger partial charge is 0.398 e. The van der Waals surface area contributed by atoms with Crippen molar-refractivity contribution < 1.29 is 12.8 Å². The Kier molecular flexibility index (Phi) is 4.07. The molecule has 0 spiro atoms. The van der Waals surface area contributed by atoms with E-state index in [2.05, 4.69) is 4.98 Å². The number of halogens is 1. The van der Waals surface area contributed by atoms with E-state index in [4.69, 9.17) is 5.73 Å². The van der Waals surface area contributed by atoms with Crippen molar-refractivity contribution in [1.29, 1.82) is 0 Å². The summed E-state index contributed by atoms with van der Waals surface area (Å²) in [6.07, 6.45) is 0. The lowest BCUT2D eigenvalue weighted by atomic mass is 10.3. The molecule has 5 nitrogen and oxygen atoms in total. The predicted octanol–water partition coefficient (Wildman–Crippen LogP) is 1.99. The summed E-state index contributed by atoms with van der Waals surface area (Å²) in [5, 5.41) is 0. The summed E-state index contributed by atoms with van der Waals surface area (Å²) >= 11 is 1.37. The number of sulfonamides is 1. The molecule has 0 aliphatic rings. The number of nitrogen functional groups attached to an aromatic ring is 1. The topological polar surface area (TPSA) is 76.3 Å². The first-order valence-electron chi connectivity index (χ1n) is 5.72. The summed E-state index contributed by atoms with van der Waals surface area (Å²) in [6.45, 7) is 1.98. The van der Waals surface area contributed by atoms with Crippen LogP contribution in [-0.4, -0.2) is 24.8 Å². The molecule has 0 amide bonds. The van der Waals surface area contributed by atoms with Crippen LogP contribution < -0.4 is 5.73 Å². The predicted molar refractivity (Wildman–Crippen MR) is 76.3 cm³/mol. The van der Waals surface area contributed by atoms with Gasteiger partial charge < -0.3 is 5.73 Å². The quantitative estimate of drug-likeness (QED) is 0.876. The van der Waals surface area contributed by atoms with Gasteiger partial charge in [0.05, 0.1) is 16.9 Å². The minimum absolute atomic E-state index is 0.0271. The number of rotatable bonds is 4. The Morgan fingerprint density at radius 1 is 1.45 bits per heavy atom. The van der Waals surface area contributed by atoms with Crippen LogP contribution in [0.5, 0.6) is 0 Å². The second-order valence-electron chi connectivity index (χ2n) is 4.30. The lowest BCUT2D eigenvalue weighted by Crippen LogP contribution is -2.27. The maximum absolute atomic E-state index is 13.2. The Hall–Kier alpha value is -1.51. The SMILES string of the molecule is Cc1ncsc1CN(C)S(=O)(=O)c1cc(F)ccc1N. The average Bonchev–Trinajstić information content (AvgIpc) is 2.78. The van der Waals surface area contributed by atoms with Gasteiger partial charge in [-0.2, -0.15) is 4.31 Å². The molecule has 0 bridgehead atoms. The molecule has 0 radical (unpaired) electrons. The molecule has 1 aromatic heterocycles. The zero-order valence-electron chi connectivity index (χ0n) is 11.0. The lowest BCUT2D eigenvalue weighted by molar-refractivity contribution is 0.468. The van der Waals surface area contributed by atoms with Crippen molar-refractivity contribution in [3.8, 4) is 0 Å². The van der Waals surface area contributed by atoms with E-state index >= 15 is 0 Å². The molecule has 0 saturated carbocycles. The average molecular weight is 315 g/mol. The van der Waals surface area contributed by atoms with Gasteiger partial charge in [0.15, 0.2) is 0 Å². The summed E-state index contributed by atoms with van der Waals surface area (Å²) in [4.78, 5) is 4.69. The first-order chi connectivity index (χ1) is 9.32. The van der Waals surface area contributed by atoms with Gasteiger partial charge in [-0.1, -0.05) is 0 Å². The number of aromatic nitrogens is 1. The second kappa shape index (κ2) is 5.47. The van der Waals surface area contributed by atoms with E-state index in [1.807, 2.05) is 6.92 Å². The van der Waals surface area contributed by atoms with Crippen molar-refractivity contribution in [3.63, 3.8) is 0 Å². The van der Waals surface area contributed by atoms with Gasteiger partial charge in [0.25, 0.3) is 0 Å². The fraction of sp³-hybridized carbons (Fsp3) is 0.250. The Balaban J connectivity index is 2.35. The fourth-order valence-electron chi connectivity index (χ4n) is 1.66. The molecular weight excluding hydrogens is 301 g/mol. The highest BCUT2D eigenvalue weighted by Gasteiger charge is 2.24. The normalized spacial score (nSPS) is 12.0. The maximum atomic E-state index is 13.2. The van der Waals surface area contributed by atoms with Crippen LogP contribution in [0.3, 0.4) is 0 Å². The molecular formula is C12H14FN3O2S2. The third-order valence-electron chi connectivity index (χ3n) is 2.87. The number of hydrogen-bond donors (Lipinski definition) is 1. The molecule has 0 atom stereocenters. The number of anilines is 1. The highest BCUT2D eigenvalue weighted by atomic mass is 32.2. The number of thiazole rings is 1. The molecule has 0 fully saturated rings. The Morgan fingerprint density at radius 3 is 2.75 bits per heavy atom. The van der Waals surface area contributed by atoms with Gasteiger partial charge in [0, 0.05) is 18.5 Å². The molecule has 1 aromatic carbocycles. The van der Waals surface area contributed by atoms with E-state index in [0.29, 0.717) is 0 Å². The summed E-state index contributed by atoms with van der Waals surface area (Å²) < 4.78 is 39.2. The second-order valence-corrected chi connectivity index (χ2v) is 7.26. The van der Waals surface area contributed by atoms with E-state index < -0.39 is 15.8 Å². The van der Waals surface area contributed by atoms with Crippen LogP contribution in [-0.2, 0) is 16.6 Å². The molecule has 0 unspecified atom stereocenters. The van der Waals surface area contributed by atoms with E-state index in [1.54, 1.807) is 5.51 Å². The Bertz CT molecular complexity index is 728. The van der Waals surface area contributed by atoms with E-state index in [1.165, 1.54) is 24.5 Å². The van der Waals surface area contributed by atoms with Crippen molar-refractivity contribution in [2.45, 2.75) is 18.4 Å². The standard InChI is InChI=1S/C12H14FN3O2S2/c1-8-11(19-7-15-8)6-16(2)20(17,18)12-5-9(13)3-4-10(12)14/h3-5,7H,6,14H2,1-2H3. The highest BCUT2D eigenvalue weighted by molar-refractivity contribution is 7.89. The third-order valence-corrected chi connectivity index (χ3v) is 5.65. The van der Waals surface area contributed by atoms with Crippen LogP contribution in [0.1, 0.15) is 10.6 Å². The fourth-order valence-corrected chi connectivity index (χ4v) is 3.84. The van der Waals surface area contributed by atoms with Crippen LogP contribution in [0.15, 0.2) is 28.6 Å². The highest BCUT2D eigenvalue weighted by Crippen LogP contribution is 2.25. The van der Waals surface area contributed by atoms with Gasteiger partial charge in [-0.3, -0.25) is 0 Å². The minimum Gasteiger partial charge on any atom is -0.398 e. The van der Waals surface area contributed by atoms with Gasteiger partial charge in [-0.25, -0.2) is 17.8 Å². The Labute approximate surface area is 120 Å². The number of hydrogen-bond acceptors (Lipinski definition) is 5. The molecule has 0 saturated heterocycles. The molecule has 20 heavy (non-hydrogen) atoms. The summed E-state index contributed by atoms with van der Waals surface area (Å²) in [5.74, 6) is -0.639. The van der Waals surface area contributed by atoms with Crippen LogP contribution in [0.2, 0.25) is 0 Å². The van der Waals surface area contributed by atoms with Crippen molar-refractivity contribution in [3.05, 3.63) is 40.1 Å². The molecule has 0 aliphatic heterocycles. The van der Waals surface area contributed by atoms with Crippen LogP contribution >= 0.6 is 11.3 Å². The number of benzene rings is 1. The van der Waals surface area contributed by atoms with Crippen LogP contribution in [0.25, 0.3) is 0 Å². The van der Waals surface area contributed by atoms with Crippen molar-refractivity contribution in [2.24, 2.45) is 0 Å². The summed E-state index contributed by atoms with van der Waals surface area (Å²) in [7, 11) is -2.41. The zero-order valence-corrected chi connectivity index (χ0v) is 12.6. The van der Waals surface area contributed by atoms with Crippen molar-refractivity contribution >= 4 is 27.0 Å². The first-order valence-corrected chi connectivity index (χ1v) is 8.04. The number of aryl methyl sites for hydroxylation is 1. The third kappa shape index (κ3) is 2.82. The number of nitrogens with two attached hydrogens (primary N) is 1. The molecule has 0 aliphatic carbocycles. The minimum atomic E-state index is -3.84. The van der Waals surface area contributed by atoms with Gasteiger partial charge in [0.1, 0.15) is 10.7 Å². The molecule has 2 N–H and O–H groups in total. The van der Waals surface area contributed by atoms with Crippen LogP contribution in [0.4, 0.5) is 10.1 Å². The van der Waals surface area contributed by atoms with Crippen molar-refractivity contribution in [1.82, 2.24) is 9.29 Å². The van der Waals surface area contributed by atoms with Gasteiger partial charge in [0.2, 0.25) is 10.0 Å². The van der Waals surface area contributed by atoms with E-state index in [9.17, 15) is 12.8 Å².